The van der Waals surface area contributed by atoms with Crippen molar-refractivity contribution in [1.82, 2.24) is 0 Å². The van der Waals surface area contributed by atoms with Crippen LogP contribution in [0.1, 0.15) is 25.0 Å². The molecule has 0 unspecified atom stereocenters. The van der Waals surface area contributed by atoms with Gasteiger partial charge in [-0.2, -0.15) is 13.2 Å². The molecule has 0 aliphatic heterocycles. The lowest BCUT2D eigenvalue weighted by Crippen LogP contribution is -2.16. The smallest absolute Gasteiger partial charge is 0.203 e. The van der Waals surface area contributed by atoms with Crippen molar-refractivity contribution >= 4 is 0 Å². The van der Waals surface area contributed by atoms with Crippen LogP contribution in [0.3, 0.4) is 0 Å². The molecule has 0 aromatic heterocycles. The number of hydrogen-bond donors (Lipinski definition) is 0. The van der Waals surface area contributed by atoms with Gasteiger partial charge in [-0.05, 0) is 6.92 Å². The van der Waals surface area contributed by atoms with Crippen LogP contribution in [0.15, 0.2) is 0 Å². The van der Waals surface area contributed by atoms with Gasteiger partial charge >= 0.3 is 6.18 Å². The van der Waals surface area contributed by atoms with Gasteiger partial charge in [0.15, 0.2) is 23.3 Å². The summed E-state index contributed by atoms with van der Waals surface area (Å²) in [5.41, 5.74) is -3.68. The quantitative estimate of drug-likeness (QED) is 0.473. The zero-order valence-electron chi connectivity index (χ0n) is 9.15. The molecule has 0 heterocycles. The highest BCUT2D eigenvalue weighted by Crippen LogP contribution is 2.36. The van der Waals surface area contributed by atoms with E-state index in [1.54, 1.807) is 0 Å². The number of hydrogen-bond acceptors (Lipinski definition) is 0. The molecule has 0 fully saturated rings. The van der Waals surface area contributed by atoms with Crippen LogP contribution in [0, 0.1) is 30.2 Å². The molecule has 1 aromatic rings. The average molecular weight is 262 g/mol. The molecule has 1 rings (SSSR count). The molecule has 0 nitrogen and oxygen atoms in total. The fourth-order valence-corrected chi connectivity index (χ4v) is 0.990. The highest BCUT2D eigenvalue weighted by atomic mass is 19.4. The second-order valence-electron chi connectivity index (χ2n) is 2.75. The van der Waals surface area contributed by atoms with Crippen molar-refractivity contribution in [3.63, 3.8) is 0 Å². The van der Waals surface area contributed by atoms with Crippen molar-refractivity contribution in [3.05, 3.63) is 34.4 Å². The molecule has 0 atom stereocenters. The summed E-state index contributed by atoms with van der Waals surface area (Å²) in [6.45, 7) is 4.64. The van der Waals surface area contributed by atoms with Gasteiger partial charge in [0.05, 0.1) is 0 Å². The molecule has 17 heavy (non-hydrogen) atoms. The Labute approximate surface area is 93.1 Å². The fraction of sp³-hybridized carbons (Fsp3) is 0.400. The minimum atomic E-state index is -5.48. The maximum absolute atomic E-state index is 12.7. The predicted octanol–water partition coefficient (Wildman–Crippen LogP) is 4.60. The molecule has 1 aromatic carbocycles. The minimum Gasteiger partial charge on any atom is -0.203 e. The molecule has 0 saturated carbocycles. The van der Waals surface area contributed by atoms with Crippen molar-refractivity contribution in [2.24, 2.45) is 0 Å². The number of benzene rings is 1. The summed E-state index contributed by atoms with van der Waals surface area (Å²) in [5, 5.41) is 0. The van der Waals surface area contributed by atoms with E-state index in [1.807, 2.05) is 13.8 Å². The molecular formula is C10H9F7. The number of alkyl halides is 3. The van der Waals surface area contributed by atoms with E-state index in [1.165, 1.54) is 0 Å². The average Bonchev–Trinajstić information content (AvgIpc) is 2.25. The van der Waals surface area contributed by atoms with Gasteiger partial charge in [0.2, 0.25) is 0 Å². The Bertz CT molecular complexity index is 377. The van der Waals surface area contributed by atoms with Gasteiger partial charge in [0.1, 0.15) is 5.56 Å². The summed E-state index contributed by atoms with van der Waals surface area (Å²) < 4.78 is 86.7. The van der Waals surface area contributed by atoms with Crippen LogP contribution < -0.4 is 0 Å². The summed E-state index contributed by atoms with van der Waals surface area (Å²) in [6.07, 6.45) is -5.48. The van der Waals surface area contributed by atoms with Gasteiger partial charge in [0, 0.05) is 5.56 Å². The van der Waals surface area contributed by atoms with E-state index in [-0.39, 0.29) is 0 Å². The van der Waals surface area contributed by atoms with E-state index < -0.39 is 40.6 Å². The molecular weight excluding hydrogens is 253 g/mol. The summed E-state index contributed by atoms with van der Waals surface area (Å²) >= 11 is 0. The largest absolute Gasteiger partial charge is 0.422 e. The summed E-state index contributed by atoms with van der Waals surface area (Å²) in [6, 6.07) is 0. The third-order valence-corrected chi connectivity index (χ3v) is 1.77. The Kier molecular flexibility index (Phi) is 4.97. The summed E-state index contributed by atoms with van der Waals surface area (Å²) in [4.78, 5) is 0. The Morgan fingerprint density at radius 3 is 1.24 bits per heavy atom. The fourth-order valence-electron chi connectivity index (χ4n) is 0.990. The molecule has 0 spiro atoms. The van der Waals surface area contributed by atoms with Crippen molar-refractivity contribution < 1.29 is 30.7 Å². The summed E-state index contributed by atoms with van der Waals surface area (Å²) in [7, 11) is 0. The number of rotatable bonds is 0. The van der Waals surface area contributed by atoms with Gasteiger partial charge in [-0.1, -0.05) is 13.8 Å². The second kappa shape index (κ2) is 5.37. The maximum atomic E-state index is 12.7. The molecule has 0 N–H and O–H groups in total. The van der Waals surface area contributed by atoms with Gasteiger partial charge in [-0.25, -0.2) is 17.6 Å². The van der Waals surface area contributed by atoms with E-state index in [0.29, 0.717) is 6.92 Å². The minimum absolute atomic E-state index is 0.636. The SMILES string of the molecule is CC.Cc1c(F)c(F)c(C(F)(F)F)c(F)c1F. The topological polar surface area (TPSA) is 0 Å². The first-order valence-corrected chi connectivity index (χ1v) is 4.57. The van der Waals surface area contributed by atoms with Crippen LogP contribution in [-0.2, 0) is 6.18 Å². The molecule has 0 radical (unpaired) electrons. The third kappa shape index (κ3) is 2.89. The molecule has 98 valence electrons. The van der Waals surface area contributed by atoms with Crippen LogP contribution in [0.2, 0.25) is 0 Å². The van der Waals surface area contributed by atoms with Crippen LogP contribution in [0.25, 0.3) is 0 Å². The molecule has 0 aliphatic carbocycles. The molecule has 7 heteroatoms. The zero-order chi connectivity index (χ0) is 14.0. The first-order valence-electron chi connectivity index (χ1n) is 4.57. The van der Waals surface area contributed by atoms with E-state index in [4.69, 9.17) is 0 Å². The standard InChI is InChI=1S/C8H3F7.C2H6/c1-2-4(9)6(11)3(8(13,14)15)7(12)5(2)10;1-2/h1H3;1-2H3. The summed E-state index contributed by atoms with van der Waals surface area (Å²) in [5.74, 6) is -8.94. The zero-order valence-corrected chi connectivity index (χ0v) is 9.15. The van der Waals surface area contributed by atoms with Crippen molar-refractivity contribution in [2.75, 3.05) is 0 Å². The van der Waals surface area contributed by atoms with Gasteiger partial charge < -0.3 is 0 Å². The van der Waals surface area contributed by atoms with Gasteiger partial charge in [0.25, 0.3) is 0 Å². The first-order chi connectivity index (χ1) is 7.68. The first kappa shape index (κ1) is 15.7. The van der Waals surface area contributed by atoms with E-state index >= 15 is 0 Å². The van der Waals surface area contributed by atoms with Crippen LogP contribution >= 0.6 is 0 Å². The molecule has 0 saturated heterocycles. The number of halogens is 7. The van der Waals surface area contributed by atoms with E-state index in [0.717, 1.165) is 0 Å². The van der Waals surface area contributed by atoms with Gasteiger partial charge in [-0.15, -0.1) is 0 Å². The van der Waals surface area contributed by atoms with E-state index in [9.17, 15) is 30.7 Å². The maximum Gasteiger partial charge on any atom is 0.422 e. The monoisotopic (exact) mass is 262 g/mol. The van der Waals surface area contributed by atoms with Crippen molar-refractivity contribution in [3.8, 4) is 0 Å². The Morgan fingerprint density at radius 2 is 1.00 bits per heavy atom. The predicted molar refractivity (Wildman–Crippen MR) is 47.4 cm³/mol. The molecule has 0 aliphatic rings. The van der Waals surface area contributed by atoms with E-state index in [2.05, 4.69) is 0 Å². The second-order valence-corrected chi connectivity index (χ2v) is 2.75. The lowest BCUT2D eigenvalue weighted by atomic mass is 10.1. The van der Waals surface area contributed by atoms with Crippen LogP contribution in [0.5, 0.6) is 0 Å². The van der Waals surface area contributed by atoms with Crippen LogP contribution in [0.4, 0.5) is 30.7 Å². The Balaban J connectivity index is 0.00000121. The highest BCUT2D eigenvalue weighted by Gasteiger charge is 2.41. The lowest BCUT2D eigenvalue weighted by molar-refractivity contribution is -0.143. The molecule has 0 bridgehead atoms. The van der Waals surface area contributed by atoms with Crippen LogP contribution in [-0.4, -0.2) is 0 Å². The lowest BCUT2D eigenvalue weighted by Gasteiger charge is -2.11. The van der Waals surface area contributed by atoms with Crippen molar-refractivity contribution in [1.29, 1.82) is 0 Å². The molecule has 0 amide bonds. The third-order valence-electron chi connectivity index (χ3n) is 1.77. The normalized spacial score (nSPS) is 10.9. The van der Waals surface area contributed by atoms with Gasteiger partial charge in [-0.3, -0.25) is 0 Å². The van der Waals surface area contributed by atoms with Crippen molar-refractivity contribution in [2.45, 2.75) is 26.9 Å². The Hall–Kier alpha value is -1.27. The Morgan fingerprint density at radius 1 is 0.706 bits per heavy atom. The highest BCUT2D eigenvalue weighted by molar-refractivity contribution is 5.30.